The molecule has 2 aromatic heterocycles. The number of nitrogen functional groups attached to an aromatic ring is 1. The standard InChI is InChI=1S/C28H29ClFN7O/c1-14(2)37-8-6-16-4-5-18(10-17(16)13-37)35-28-34-12-20-24(31)23(30)21(22(29)26(20)36-28)19-11-33-27-25(15(19)3)32-7-9-38-27/h4-5,10-12,14,32H,6-9,13,31H2,1-3H3,(H,34,35,36). The summed E-state index contributed by atoms with van der Waals surface area (Å²) in [5.41, 5.74) is 12.2. The molecule has 0 saturated carbocycles. The zero-order valence-corrected chi connectivity index (χ0v) is 22.3. The van der Waals surface area contributed by atoms with Crippen molar-refractivity contribution in [3.8, 4) is 17.0 Å². The molecule has 196 valence electrons. The SMILES string of the molecule is Cc1c(-c2c(F)c(N)c3cnc(Nc4ccc5c(c4)CN(C(C)C)CC5)nc3c2Cl)cnc2c1NCCO2. The van der Waals surface area contributed by atoms with Crippen LogP contribution in [0, 0.1) is 12.7 Å². The summed E-state index contributed by atoms with van der Waals surface area (Å²) in [5, 5.41) is 7.07. The molecule has 4 heterocycles. The number of ether oxygens (including phenoxy) is 1. The molecule has 10 heteroatoms. The normalized spacial score (nSPS) is 15.1. The third-order valence-corrected chi connectivity index (χ3v) is 7.78. The van der Waals surface area contributed by atoms with Crippen molar-refractivity contribution in [2.45, 2.75) is 39.8 Å². The van der Waals surface area contributed by atoms with Crippen molar-refractivity contribution in [3.05, 3.63) is 58.1 Å². The van der Waals surface area contributed by atoms with Crippen molar-refractivity contribution in [2.75, 3.05) is 36.1 Å². The number of pyridine rings is 1. The molecular formula is C28H29ClFN7O. The van der Waals surface area contributed by atoms with Gasteiger partial charge in [0.25, 0.3) is 0 Å². The molecule has 8 nitrogen and oxygen atoms in total. The summed E-state index contributed by atoms with van der Waals surface area (Å²) in [5.74, 6) is 0.208. The summed E-state index contributed by atoms with van der Waals surface area (Å²) < 4.78 is 21.2. The third-order valence-electron chi connectivity index (χ3n) is 7.41. The van der Waals surface area contributed by atoms with Gasteiger partial charge in [0.05, 0.1) is 16.2 Å². The van der Waals surface area contributed by atoms with Crippen molar-refractivity contribution < 1.29 is 9.13 Å². The first-order chi connectivity index (χ1) is 18.3. The van der Waals surface area contributed by atoms with Crippen molar-refractivity contribution in [1.29, 1.82) is 0 Å². The van der Waals surface area contributed by atoms with Gasteiger partial charge in [-0.15, -0.1) is 0 Å². The quantitative estimate of drug-likeness (QED) is 0.288. The lowest BCUT2D eigenvalue weighted by Crippen LogP contribution is -2.35. The van der Waals surface area contributed by atoms with Gasteiger partial charge in [-0.2, -0.15) is 0 Å². The highest BCUT2D eigenvalue weighted by molar-refractivity contribution is 6.38. The fraction of sp³-hybridized carbons (Fsp3) is 0.321. The number of halogens is 2. The Balaban J connectivity index is 1.39. The molecule has 0 saturated heterocycles. The van der Waals surface area contributed by atoms with Crippen LogP contribution in [0.2, 0.25) is 5.02 Å². The highest BCUT2D eigenvalue weighted by Gasteiger charge is 2.25. The zero-order chi connectivity index (χ0) is 26.6. The van der Waals surface area contributed by atoms with E-state index >= 15 is 4.39 Å². The highest BCUT2D eigenvalue weighted by atomic mass is 35.5. The average molecular weight is 534 g/mol. The smallest absolute Gasteiger partial charge is 0.237 e. The van der Waals surface area contributed by atoms with E-state index in [2.05, 4.69) is 56.5 Å². The molecular weight excluding hydrogens is 505 g/mol. The lowest BCUT2D eigenvalue weighted by Gasteiger charge is -2.32. The lowest BCUT2D eigenvalue weighted by atomic mass is 9.98. The average Bonchev–Trinajstić information content (AvgIpc) is 2.93. The van der Waals surface area contributed by atoms with E-state index in [-0.39, 0.29) is 16.3 Å². The number of rotatable bonds is 4. The predicted molar refractivity (Wildman–Crippen MR) is 150 cm³/mol. The molecule has 0 unspecified atom stereocenters. The van der Waals surface area contributed by atoms with E-state index in [1.807, 2.05) is 13.0 Å². The number of aromatic nitrogens is 3. The number of benzene rings is 2. The number of hydrogen-bond donors (Lipinski definition) is 3. The first kappa shape index (κ1) is 24.6. The Morgan fingerprint density at radius 1 is 1.21 bits per heavy atom. The van der Waals surface area contributed by atoms with E-state index in [0.717, 1.165) is 36.4 Å². The first-order valence-electron chi connectivity index (χ1n) is 12.7. The summed E-state index contributed by atoms with van der Waals surface area (Å²) in [4.78, 5) is 15.9. The van der Waals surface area contributed by atoms with Gasteiger partial charge >= 0.3 is 0 Å². The van der Waals surface area contributed by atoms with Gasteiger partial charge in [-0.1, -0.05) is 17.7 Å². The zero-order valence-electron chi connectivity index (χ0n) is 21.5. The van der Waals surface area contributed by atoms with Crippen LogP contribution in [-0.2, 0) is 13.0 Å². The summed E-state index contributed by atoms with van der Waals surface area (Å²) in [6.45, 7) is 9.42. The second kappa shape index (κ2) is 9.56. The largest absolute Gasteiger partial charge is 0.474 e. The van der Waals surface area contributed by atoms with E-state index in [1.54, 1.807) is 6.20 Å². The van der Waals surface area contributed by atoms with Crippen LogP contribution in [0.25, 0.3) is 22.0 Å². The Bertz CT molecular complexity index is 1580. The second-order valence-electron chi connectivity index (χ2n) is 10.0. The summed E-state index contributed by atoms with van der Waals surface area (Å²) in [7, 11) is 0. The van der Waals surface area contributed by atoms with Crippen LogP contribution in [0.1, 0.15) is 30.5 Å². The molecule has 0 fully saturated rings. The van der Waals surface area contributed by atoms with Crippen LogP contribution in [0.5, 0.6) is 5.88 Å². The van der Waals surface area contributed by atoms with E-state index in [4.69, 9.17) is 22.1 Å². The Morgan fingerprint density at radius 2 is 2.05 bits per heavy atom. The maximum atomic E-state index is 15.6. The Morgan fingerprint density at radius 3 is 2.87 bits per heavy atom. The van der Waals surface area contributed by atoms with Gasteiger partial charge in [0.1, 0.15) is 12.3 Å². The summed E-state index contributed by atoms with van der Waals surface area (Å²) >= 11 is 6.83. The molecule has 4 N–H and O–H groups in total. The van der Waals surface area contributed by atoms with E-state index in [0.29, 0.717) is 47.5 Å². The van der Waals surface area contributed by atoms with Crippen LogP contribution < -0.4 is 21.1 Å². The van der Waals surface area contributed by atoms with Crippen molar-refractivity contribution >= 4 is 45.5 Å². The Labute approximate surface area is 225 Å². The van der Waals surface area contributed by atoms with Gasteiger partial charge in [0, 0.05) is 60.3 Å². The molecule has 0 atom stereocenters. The Kier molecular flexibility index (Phi) is 6.20. The summed E-state index contributed by atoms with van der Waals surface area (Å²) in [6.07, 6.45) is 4.09. The molecule has 4 aromatic rings. The van der Waals surface area contributed by atoms with Gasteiger partial charge < -0.3 is 21.1 Å². The molecule has 0 radical (unpaired) electrons. The maximum Gasteiger partial charge on any atom is 0.237 e. The monoisotopic (exact) mass is 533 g/mol. The minimum atomic E-state index is -0.627. The van der Waals surface area contributed by atoms with Crippen LogP contribution in [0.3, 0.4) is 0 Å². The maximum absolute atomic E-state index is 15.6. The first-order valence-corrected chi connectivity index (χ1v) is 13.1. The number of nitrogens with two attached hydrogens (primary N) is 1. The molecule has 0 aliphatic carbocycles. The summed E-state index contributed by atoms with van der Waals surface area (Å²) in [6, 6.07) is 6.81. The molecule has 0 spiro atoms. The van der Waals surface area contributed by atoms with Crippen LogP contribution in [0.4, 0.5) is 27.4 Å². The highest BCUT2D eigenvalue weighted by Crippen LogP contribution is 2.44. The van der Waals surface area contributed by atoms with Crippen molar-refractivity contribution in [2.24, 2.45) is 0 Å². The number of fused-ring (bicyclic) bond motifs is 3. The number of anilines is 4. The van der Waals surface area contributed by atoms with E-state index in [9.17, 15) is 0 Å². The second-order valence-corrected chi connectivity index (χ2v) is 10.4. The van der Waals surface area contributed by atoms with Gasteiger partial charge in [0.15, 0.2) is 5.82 Å². The molecule has 6 rings (SSSR count). The minimum absolute atomic E-state index is 0.0603. The minimum Gasteiger partial charge on any atom is -0.474 e. The van der Waals surface area contributed by atoms with Gasteiger partial charge in [-0.25, -0.2) is 19.3 Å². The predicted octanol–water partition coefficient (Wildman–Crippen LogP) is 5.69. The van der Waals surface area contributed by atoms with Crippen LogP contribution in [0.15, 0.2) is 30.6 Å². The van der Waals surface area contributed by atoms with E-state index < -0.39 is 5.82 Å². The molecule has 38 heavy (non-hydrogen) atoms. The number of nitrogens with zero attached hydrogens (tertiary/aromatic N) is 4. The Hall–Kier alpha value is -3.69. The van der Waals surface area contributed by atoms with Crippen molar-refractivity contribution in [3.63, 3.8) is 0 Å². The fourth-order valence-electron chi connectivity index (χ4n) is 5.21. The van der Waals surface area contributed by atoms with Crippen LogP contribution in [-0.4, -0.2) is 45.6 Å². The topological polar surface area (TPSA) is 101 Å². The van der Waals surface area contributed by atoms with Gasteiger partial charge in [0.2, 0.25) is 11.8 Å². The molecule has 0 bridgehead atoms. The molecule has 0 amide bonds. The molecule has 2 aliphatic heterocycles. The molecule has 2 aliphatic rings. The number of hydrogen-bond acceptors (Lipinski definition) is 8. The van der Waals surface area contributed by atoms with E-state index in [1.165, 1.54) is 17.3 Å². The van der Waals surface area contributed by atoms with Crippen LogP contribution >= 0.6 is 11.6 Å². The lowest BCUT2D eigenvalue weighted by molar-refractivity contribution is 0.203. The third kappa shape index (κ3) is 4.16. The fourth-order valence-corrected chi connectivity index (χ4v) is 5.54. The molecule has 2 aromatic carbocycles. The number of nitrogens with one attached hydrogen (secondary N) is 2. The van der Waals surface area contributed by atoms with Gasteiger partial charge in [-0.3, -0.25) is 4.90 Å². The van der Waals surface area contributed by atoms with Crippen molar-refractivity contribution in [1.82, 2.24) is 19.9 Å². The van der Waals surface area contributed by atoms with Gasteiger partial charge in [-0.05, 0) is 56.0 Å².